The average Bonchev–Trinajstić information content (AvgIpc) is 2.65. The van der Waals surface area contributed by atoms with Gasteiger partial charge in [0.15, 0.2) is 5.75 Å². The van der Waals surface area contributed by atoms with Crippen molar-refractivity contribution in [1.29, 1.82) is 0 Å². The number of phenolic OH excluding ortho intramolecular Hbond substituents is 1. The molecular formula is C16H11ClN2O10S3. The van der Waals surface area contributed by atoms with Gasteiger partial charge in [-0.2, -0.15) is 25.3 Å². The lowest BCUT2D eigenvalue weighted by Crippen LogP contribution is -2.00. The van der Waals surface area contributed by atoms with Gasteiger partial charge in [-0.1, -0.05) is 17.7 Å². The molecule has 170 valence electrons. The van der Waals surface area contributed by atoms with Crippen molar-refractivity contribution >= 4 is 64.1 Å². The predicted octanol–water partition coefficient (Wildman–Crippen LogP) is 3.35. The fraction of sp³-hybridized carbons (Fsp3) is 0. The van der Waals surface area contributed by atoms with Crippen LogP contribution in [0.4, 0.5) is 11.4 Å². The molecule has 4 N–H and O–H groups in total. The zero-order chi connectivity index (χ0) is 24.1. The molecule has 0 unspecified atom stereocenters. The molecule has 3 aromatic rings. The molecule has 0 bridgehead atoms. The van der Waals surface area contributed by atoms with Crippen LogP contribution in [0.15, 0.2) is 67.4 Å². The van der Waals surface area contributed by atoms with Crippen molar-refractivity contribution in [2.75, 3.05) is 0 Å². The van der Waals surface area contributed by atoms with Gasteiger partial charge in [-0.05, 0) is 41.8 Å². The number of phenols is 1. The summed E-state index contributed by atoms with van der Waals surface area (Å²) in [6.45, 7) is 0. The van der Waals surface area contributed by atoms with E-state index in [1.54, 1.807) is 0 Å². The van der Waals surface area contributed by atoms with Gasteiger partial charge in [0.05, 0.1) is 25.4 Å². The van der Waals surface area contributed by atoms with Crippen LogP contribution in [-0.2, 0) is 30.4 Å². The van der Waals surface area contributed by atoms with Crippen LogP contribution in [0.1, 0.15) is 0 Å². The van der Waals surface area contributed by atoms with Crippen LogP contribution in [0.3, 0.4) is 0 Å². The van der Waals surface area contributed by atoms with Gasteiger partial charge in [0, 0.05) is 5.39 Å². The molecule has 0 aliphatic carbocycles. The van der Waals surface area contributed by atoms with Crippen molar-refractivity contribution in [3.05, 3.63) is 47.5 Å². The van der Waals surface area contributed by atoms with E-state index in [9.17, 15) is 39.5 Å². The van der Waals surface area contributed by atoms with E-state index in [2.05, 4.69) is 10.2 Å². The number of azo groups is 1. The van der Waals surface area contributed by atoms with Crippen LogP contribution >= 0.6 is 11.6 Å². The number of nitrogens with zero attached hydrogens (tertiary/aromatic N) is 2. The van der Waals surface area contributed by atoms with Crippen LogP contribution < -0.4 is 0 Å². The first kappa shape index (κ1) is 24.0. The summed E-state index contributed by atoms with van der Waals surface area (Å²) in [6.07, 6.45) is 0. The van der Waals surface area contributed by atoms with Gasteiger partial charge < -0.3 is 5.11 Å². The second kappa shape index (κ2) is 8.04. The van der Waals surface area contributed by atoms with Gasteiger partial charge >= 0.3 is 0 Å². The minimum absolute atomic E-state index is 0.0712. The Bertz CT molecular complexity index is 1610. The lowest BCUT2D eigenvalue weighted by Gasteiger charge is -2.07. The van der Waals surface area contributed by atoms with Crippen molar-refractivity contribution in [2.45, 2.75) is 14.7 Å². The van der Waals surface area contributed by atoms with Gasteiger partial charge in [0.25, 0.3) is 30.4 Å². The fourth-order valence-corrected chi connectivity index (χ4v) is 4.45. The van der Waals surface area contributed by atoms with E-state index in [1.165, 1.54) is 6.07 Å². The van der Waals surface area contributed by atoms with E-state index in [0.717, 1.165) is 36.4 Å². The number of hydrogen-bond donors (Lipinski definition) is 4. The highest BCUT2D eigenvalue weighted by Crippen LogP contribution is 2.39. The number of benzene rings is 3. The second-order valence-electron chi connectivity index (χ2n) is 6.22. The highest BCUT2D eigenvalue weighted by Gasteiger charge is 2.18. The summed E-state index contributed by atoms with van der Waals surface area (Å²) in [5.41, 5.74) is -0.755. The zero-order valence-corrected chi connectivity index (χ0v) is 18.5. The molecular weight excluding hydrogens is 512 g/mol. The van der Waals surface area contributed by atoms with Crippen molar-refractivity contribution in [3.63, 3.8) is 0 Å². The number of halogens is 1. The number of hydrogen-bond acceptors (Lipinski definition) is 9. The Morgan fingerprint density at radius 3 is 1.69 bits per heavy atom. The van der Waals surface area contributed by atoms with E-state index < -0.39 is 61.5 Å². The van der Waals surface area contributed by atoms with Crippen molar-refractivity contribution in [2.24, 2.45) is 10.2 Å². The van der Waals surface area contributed by atoms with E-state index in [0.29, 0.717) is 0 Å². The molecule has 0 aliphatic heterocycles. The maximum Gasteiger partial charge on any atom is 0.294 e. The summed E-state index contributed by atoms with van der Waals surface area (Å²) in [6, 6.07) is 6.39. The number of fused-ring (bicyclic) bond motifs is 1. The quantitative estimate of drug-likeness (QED) is 0.283. The Balaban J connectivity index is 2.27. The highest BCUT2D eigenvalue weighted by molar-refractivity contribution is 7.86. The highest BCUT2D eigenvalue weighted by atomic mass is 35.5. The molecule has 3 rings (SSSR count). The minimum Gasteiger partial charge on any atom is -0.504 e. The summed E-state index contributed by atoms with van der Waals surface area (Å²) in [5, 5.41) is 16.9. The maximum absolute atomic E-state index is 11.6. The second-order valence-corrected chi connectivity index (χ2v) is 10.9. The zero-order valence-electron chi connectivity index (χ0n) is 15.3. The Labute approximate surface area is 186 Å². The predicted molar refractivity (Wildman–Crippen MR) is 111 cm³/mol. The third-order valence-corrected chi connectivity index (χ3v) is 6.85. The average molecular weight is 523 g/mol. The van der Waals surface area contributed by atoms with Crippen LogP contribution in [-0.4, -0.2) is 44.0 Å². The topological polar surface area (TPSA) is 208 Å². The molecule has 0 saturated carbocycles. The largest absolute Gasteiger partial charge is 0.504 e. The molecule has 0 spiro atoms. The first-order valence-corrected chi connectivity index (χ1v) is 12.7. The molecule has 0 amide bonds. The SMILES string of the molecule is O=S(=O)(O)c1cc(Cl)c(O)c(N=Nc2cc(S(=O)(=O)O)cc3cc(S(=O)(=O)O)ccc23)c1. The molecule has 0 radical (unpaired) electrons. The molecule has 12 nitrogen and oxygen atoms in total. The number of aromatic hydroxyl groups is 1. The Hall–Kier alpha value is -2.66. The summed E-state index contributed by atoms with van der Waals surface area (Å²) in [4.78, 5) is -1.96. The molecule has 0 fully saturated rings. The fourth-order valence-electron chi connectivity index (χ4n) is 2.59. The standard InChI is InChI=1S/C16H11ClN2O10S3/c17-13-5-11(32(27,28)29)7-15(16(13)20)19-18-14-6-10(31(24,25)26)4-8-3-9(30(21,22)23)1-2-12(8)14/h1-7,20H,(H,21,22,23)(H,24,25,26)(H,27,28,29). The normalized spacial score (nSPS) is 13.1. The molecule has 16 heteroatoms. The van der Waals surface area contributed by atoms with Crippen molar-refractivity contribution < 1.29 is 44.0 Å². The van der Waals surface area contributed by atoms with Gasteiger partial charge in [0.2, 0.25) is 0 Å². The molecule has 0 aliphatic rings. The third kappa shape index (κ3) is 5.04. The summed E-state index contributed by atoms with van der Waals surface area (Å²) < 4.78 is 96.4. The van der Waals surface area contributed by atoms with Crippen LogP contribution in [0, 0.1) is 0 Å². The number of rotatable bonds is 5. The van der Waals surface area contributed by atoms with E-state index in [4.69, 9.17) is 16.2 Å². The maximum atomic E-state index is 11.6. The molecule has 0 atom stereocenters. The van der Waals surface area contributed by atoms with Gasteiger partial charge in [-0.25, -0.2) is 0 Å². The van der Waals surface area contributed by atoms with E-state index in [1.807, 2.05) is 0 Å². The Morgan fingerprint density at radius 1 is 0.656 bits per heavy atom. The lowest BCUT2D eigenvalue weighted by molar-refractivity contribution is 0.473. The minimum atomic E-state index is -4.79. The Morgan fingerprint density at radius 2 is 1.12 bits per heavy atom. The van der Waals surface area contributed by atoms with Crippen molar-refractivity contribution in [1.82, 2.24) is 0 Å². The van der Waals surface area contributed by atoms with Crippen LogP contribution in [0.5, 0.6) is 5.75 Å². The monoisotopic (exact) mass is 522 g/mol. The molecule has 0 aromatic heterocycles. The van der Waals surface area contributed by atoms with Gasteiger partial charge in [-0.3, -0.25) is 13.7 Å². The molecule has 3 aromatic carbocycles. The first-order valence-electron chi connectivity index (χ1n) is 8.02. The van der Waals surface area contributed by atoms with Crippen LogP contribution in [0.2, 0.25) is 5.02 Å². The third-order valence-electron chi connectivity index (χ3n) is 4.05. The van der Waals surface area contributed by atoms with Crippen molar-refractivity contribution in [3.8, 4) is 5.75 Å². The van der Waals surface area contributed by atoms with Gasteiger partial charge in [-0.15, -0.1) is 10.2 Å². The summed E-state index contributed by atoms with van der Waals surface area (Å²) >= 11 is 5.73. The van der Waals surface area contributed by atoms with Crippen LogP contribution in [0.25, 0.3) is 10.8 Å². The molecule has 0 saturated heterocycles. The van der Waals surface area contributed by atoms with Gasteiger partial charge in [0.1, 0.15) is 5.69 Å². The van der Waals surface area contributed by atoms with E-state index in [-0.39, 0.29) is 16.5 Å². The smallest absolute Gasteiger partial charge is 0.294 e. The van der Waals surface area contributed by atoms with E-state index >= 15 is 0 Å². The summed E-state index contributed by atoms with van der Waals surface area (Å²) in [7, 11) is -14.1. The molecule has 32 heavy (non-hydrogen) atoms. The summed E-state index contributed by atoms with van der Waals surface area (Å²) in [5.74, 6) is -0.702. The lowest BCUT2D eigenvalue weighted by atomic mass is 10.1. The molecule has 0 heterocycles. The first-order chi connectivity index (χ1) is 14.6. The Kier molecular flexibility index (Phi) is 6.03.